The van der Waals surface area contributed by atoms with Crippen LogP contribution in [0.3, 0.4) is 0 Å². The first-order valence-corrected chi connectivity index (χ1v) is 6.05. The van der Waals surface area contributed by atoms with Crippen molar-refractivity contribution in [1.29, 1.82) is 0 Å². The standard InChI is InChI=1S/C12H14F4N2O2/c13-11(14)19-9-5-8(18-3-1-17-2-4-18)6-10(7-9)20-12(15)16/h5-7,11-12,17H,1-4H2. The number of ether oxygens (including phenoxy) is 2. The van der Waals surface area contributed by atoms with E-state index in [2.05, 4.69) is 14.8 Å². The number of rotatable bonds is 5. The van der Waals surface area contributed by atoms with E-state index in [9.17, 15) is 17.6 Å². The van der Waals surface area contributed by atoms with Crippen LogP contribution in [0.5, 0.6) is 11.5 Å². The SMILES string of the molecule is FC(F)Oc1cc(OC(F)F)cc(N2CCNCC2)c1. The van der Waals surface area contributed by atoms with Crippen molar-refractivity contribution >= 4 is 5.69 Å². The first-order valence-electron chi connectivity index (χ1n) is 6.05. The van der Waals surface area contributed by atoms with Gasteiger partial charge in [0, 0.05) is 50.1 Å². The molecular weight excluding hydrogens is 280 g/mol. The Bertz CT molecular complexity index is 411. The van der Waals surface area contributed by atoms with Crippen LogP contribution in [0.2, 0.25) is 0 Å². The highest BCUT2D eigenvalue weighted by Gasteiger charge is 2.16. The predicted molar refractivity (Wildman–Crippen MR) is 64.8 cm³/mol. The summed E-state index contributed by atoms with van der Waals surface area (Å²) in [5.41, 5.74) is 0.514. The topological polar surface area (TPSA) is 33.7 Å². The maximum atomic E-state index is 12.3. The first kappa shape index (κ1) is 14.7. The molecule has 2 rings (SSSR count). The van der Waals surface area contributed by atoms with Crippen molar-refractivity contribution in [3.63, 3.8) is 0 Å². The van der Waals surface area contributed by atoms with Crippen molar-refractivity contribution in [1.82, 2.24) is 5.32 Å². The highest BCUT2D eigenvalue weighted by Crippen LogP contribution is 2.30. The molecule has 0 amide bonds. The average Bonchev–Trinajstić information content (AvgIpc) is 2.38. The summed E-state index contributed by atoms with van der Waals surface area (Å²) < 4.78 is 57.6. The molecule has 1 aliphatic rings. The van der Waals surface area contributed by atoms with Crippen LogP contribution in [0.15, 0.2) is 18.2 Å². The number of alkyl halides is 4. The molecule has 1 N–H and O–H groups in total. The lowest BCUT2D eigenvalue weighted by Gasteiger charge is -2.30. The molecule has 0 saturated carbocycles. The normalized spacial score (nSPS) is 15.8. The molecule has 4 nitrogen and oxygen atoms in total. The Morgan fingerprint density at radius 1 is 0.900 bits per heavy atom. The van der Waals surface area contributed by atoms with Gasteiger partial charge >= 0.3 is 13.2 Å². The van der Waals surface area contributed by atoms with Gasteiger partial charge < -0.3 is 19.7 Å². The van der Waals surface area contributed by atoms with Crippen LogP contribution in [0, 0.1) is 0 Å². The van der Waals surface area contributed by atoms with Crippen LogP contribution in [0.1, 0.15) is 0 Å². The van der Waals surface area contributed by atoms with Crippen molar-refractivity contribution in [3.8, 4) is 11.5 Å². The second-order valence-electron chi connectivity index (χ2n) is 4.16. The molecule has 0 spiro atoms. The lowest BCUT2D eigenvalue weighted by atomic mass is 10.2. The summed E-state index contributed by atoms with van der Waals surface area (Å²) in [5.74, 6) is -0.404. The lowest BCUT2D eigenvalue weighted by molar-refractivity contribution is -0.0542. The molecule has 1 fully saturated rings. The number of nitrogens with one attached hydrogen (secondary N) is 1. The Hall–Kier alpha value is -1.70. The van der Waals surface area contributed by atoms with Gasteiger partial charge in [-0.2, -0.15) is 17.6 Å². The van der Waals surface area contributed by atoms with Crippen molar-refractivity contribution < 1.29 is 27.0 Å². The monoisotopic (exact) mass is 294 g/mol. The Labute approximate surface area is 113 Å². The Balaban J connectivity index is 2.23. The lowest BCUT2D eigenvalue weighted by Crippen LogP contribution is -2.43. The summed E-state index contributed by atoms with van der Waals surface area (Å²) in [5, 5.41) is 3.13. The fraction of sp³-hybridized carbons (Fsp3) is 0.500. The number of anilines is 1. The van der Waals surface area contributed by atoms with Gasteiger partial charge in [0.05, 0.1) is 0 Å². The summed E-state index contributed by atoms with van der Waals surface area (Å²) in [7, 11) is 0. The zero-order chi connectivity index (χ0) is 14.5. The van der Waals surface area contributed by atoms with Crippen LogP contribution >= 0.6 is 0 Å². The van der Waals surface area contributed by atoms with E-state index in [1.54, 1.807) is 0 Å². The Morgan fingerprint density at radius 3 is 1.85 bits per heavy atom. The van der Waals surface area contributed by atoms with Crippen LogP contribution in [-0.2, 0) is 0 Å². The van der Waals surface area contributed by atoms with Gasteiger partial charge in [0.1, 0.15) is 11.5 Å². The van der Waals surface area contributed by atoms with Crippen LogP contribution in [0.4, 0.5) is 23.2 Å². The molecule has 0 unspecified atom stereocenters. The molecule has 1 aromatic carbocycles. The van der Waals surface area contributed by atoms with Crippen LogP contribution in [-0.4, -0.2) is 39.4 Å². The van der Waals surface area contributed by atoms with Crippen molar-refractivity contribution in [2.75, 3.05) is 31.1 Å². The zero-order valence-corrected chi connectivity index (χ0v) is 10.5. The summed E-state index contributed by atoms with van der Waals surface area (Å²) in [6.45, 7) is -3.30. The zero-order valence-electron chi connectivity index (χ0n) is 10.5. The Morgan fingerprint density at radius 2 is 1.40 bits per heavy atom. The van der Waals surface area contributed by atoms with Crippen molar-refractivity contribution in [2.24, 2.45) is 0 Å². The fourth-order valence-corrected chi connectivity index (χ4v) is 2.00. The molecule has 0 bridgehead atoms. The van der Waals surface area contributed by atoms with Crippen molar-refractivity contribution in [2.45, 2.75) is 13.2 Å². The van der Waals surface area contributed by atoms with Gasteiger partial charge in [0.15, 0.2) is 0 Å². The minimum absolute atomic E-state index is 0.202. The van der Waals surface area contributed by atoms with Gasteiger partial charge in [0.2, 0.25) is 0 Å². The van der Waals surface area contributed by atoms with Gasteiger partial charge in [-0.1, -0.05) is 0 Å². The molecule has 0 atom stereocenters. The van der Waals surface area contributed by atoms with E-state index in [0.717, 1.165) is 19.2 Å². The summed E-state index contributed by atoms with van der Waals surface area (Å²) >= 11 is 0. The summed E-state index contributed by atoms with van der Waals surface area (Å²) in [6, 6.07) is 3.79. The van der Waals surface area contributed by atoms with E-state index in [1.165, 1.54) is 12.1 Å². The molecule has 20 heavy (non-hydrogen) atoms. The molecule has 0 radical (unpaired) electrons. The van der Waals surface area contributed by atoms with E-state index in [0.29, 0.717) is 18.8 Å². The molecule has 1 aliphatic heterocycles. The molecule has 0 aromatic heterocycles. The molecule has 8 heteroatoms. The highest BCUT2D eigenvalue weighted by atomic mass is 19.3. The minimum Gasteiger partial charge on any atom is -0.435 e. The maximum Gasteiger partial charge on any atom is 0.387 e. The third kappa shape index (κ3) is 4.16. The summed E-state index contributed by atoms with van der Waals surface area (Å²) in [6.07, 6.45) is 0. The third-order valence-corrected chi connectivity index (χ3v) is 2.80. The Kier molecular flexibility index (Phi) is 4.89. The second kappa shape index (κ2) is 6.65. The van der Waals surface area contributed by atoms with Gasteiger partial charge in [-0.3, -0.25) is 0 Å². The molecule has 112 valence electrons. The minimum atomic E-state index is -3.02. The van der Waals surface area contributed by atoms with Crippen molar-refractivity contribution in [3.05, 3.63) is 18.2 Å². The van der Waals surface area contributed by atoms with Gasteiger partial charge in [0.25, 0.3) is 0 Å². The first-order chi connectivity index (χ1) is 9.54. The smallest absolute Gasteiger partial charge is 0.387 e. The molecule has 0 aliphatic carbocycles. The van der Waals surface area contributed by atoms with E-state index < -0.39 is 13.2 Å². The maximum absolute atomic E-state index is 12.3. The predicted octanol–water partition coefficient (Wildman–Crippen LogP) is 2.30. The van der Waals surface area contributed by atoms with Gasteiger partial charge in [-0.05, 0) is 0 Å². The van der Waals surface area contributed by atoms with E-state index >= 15 is 0 Å². The number of hydrogen-bond acceptors (Lipinski definition) is 4. The highest BCUT2D eigenvalue weighted by molar-refractivity contribution is 5.56. The van der Waals surface area contributed by atoms with Gasteiger partial charge in [-0.25, -0.2) is 0 Å². The quantitative estimate of drug-likeness (QED) is 0.845. The molecule has 1 aromatic rings. The average molecular weight is 294 g/mol. The van der Waals surface area contributed by atoms with E-state index in [1.807, 2.05) is 4.90 Å². The van der Waals surface area contributed by atoms with Crippen LogP contribution in [0.25, 0.3) is 0 Å². The number of nitrogens with zero attached hydrogens (tertiary/aromatic N) is 1. The van der Waals surface area contributed by atoms with Crippen LogP contribution < -0.4 is 19.7 Å². The second-order valence-corrected chi connectivity index (χ2v) is 4.16. The number of hydrogen-bond donors (Lipinski definition) is 1. The molecule has 1 heterocycles. The summed E-state index contributed by atoms with van der Waals surface area (Å²) in [4.78, 5) is 1.88. The molecular formula is C12H14F4N2O2. The number of benzene rings is 1. The fourth-order valence-electron chi connectivity index (χ4n) is 2.00. The largest absolute Gasteiger partial charge is 0.435 e. The van der Waals surface area contributed by atoms with Gasteiger partial charge in [-0.15, -0.1) is 0 Å². The number of halogens is 4. The van der Waals surface area contributed by atoms with E-state index in [4.69, 9.17) is 0 Å². The molecule has 1 saturated heterocycles. The number of piperazine rings is 1. The van der Waals surface area contributed by atoms with E-state index in [-0.39, 0.29) is 11.5 Å². The third-order valence-electron chi connectivity index (χ3n) is 2.80.